The maximum atomic E-state index is 5.80. The molecule has 3 nitrogen and oxygen atoms in total. The summed E-state index contributed by atoms with van der Waals surface area (Å²) >= 11 is 6.93. The first-order valence-electron chi connectivity index (χ1n) is 6.79. The maximum Gasteiger partial charge on any atom is 0.134 e. The zero-order chi connectivity index (χ0) is 15.2. The topological polar surface area (TPSA) is 34.1 Å². The van der Waals surface area contributed by atoms with Crippen molar-refractivity contribution in [2.45, 2.75) is 33.0 Å². The van der Waals surface area contributed by atoms with E-state index in [1.807, 2.05) is 18.2 Å². The molecule has 2 rings (SSSR count). The van der Waals surface area contributed by atoms with E-state index in [0.717, 1.165) is 26.9 Å². The van der Waals surface area contributed by atoms with Gasteiger partial charge in [0.15, 0.2) is 0 Å². The minimum atomic E-state index is 0.454. The van der Waals surface area contributed by atoms with Gasteiger partial charge in [-0.25, -0.2) is 0 Å². The van der Waals surface area contributed by atoms with E-state index in [9.17, 15) is 0 Å². The molecule has 0 saturated carbocycles. The number of ether oxygens (including phenoxy) is 1. The molecule has 0 saturated heterocycles. The summed E-state index contributed by atoms with van der Waals surface area (Å²) in [5, 5.41) is 3.40. The fourth-order valence-electron chi connectivity index (χ4n) is 1.74. The minimum Gasteiger partial charge on any atom is -0.486 e. The zero-order valence-electron chi connectivity index (χ0n) is 12.1. The van der Waals surface area contributed by atoms with E-state index in [0.29, 0.717) is 12.6 Å². The lowest BCUT2D eigenvalue weighted by atomic mass is 10.2. The molecule has 0 atom stereocenters. The monoisotopic (exact) mass is 412 g/mol. The number of rotatable bonds is 6. The standard InChI is InChI=1S/C16H18Br2N2O/c1-11(2)19-8-12-3-6-16(15(18)7-12)21-10-14-5-4-13(17)9-20-14/h3-7,9,11,19H,8,10H2,1-2H3. The number of halogens is 2. The molecule has 0 radical (unpaired) electrons. The van der Waals surface area contributed by atoms with Crippen LogP contribution in [0.5, 0.6) is 5.75 Å². The highest BCUT2D eigenvalue weighted by Gasteiger charge is 2.04. The SMILES string of the molecule is CC(C)NCc1ccc(OCc2ccc(Br)cn2)c(Br)c1. The second kappa shape index (κ2) is 7.92. The summed E-state index contributed by atoms with van der Waals surface area (Å²) < 4.78 is 7.73. The van der Waals surface area contributed by atoms with Gasteiger partial charge in [0, 0.05) is 23.3 Å². The molecule has 0 bridgehead atoms. The molecule has 5 heteroatoms. The summed E-state index contributed by atoms with van der Waals surface area (Å²) in [7, 11) is 0. The van der Waals surface area contributed by atoms with Gasteiger partial charge in [0.1, 0.15) is 12.4 Å². The van der Waals surface area contributed by atoms with Gasteiger partial charge in [0.2, 0.25) is 0 Å². The number of hydrogen-bond donors (Lipinski definition) is 1. The molecule has 0 spiro atoms. The quantitative estimate of drug-likeness (QED) is 0.746. The highest BCUT2D eigenvalue weighted by molar-refractivity contribution is 9.10. The van der Waals surface area contributed by atoms with Crippen molar-refractivity contribution in [3.63, 3.8) is 0 Å². The highest BCUT2D eigenvalue weighted by Crippen LogP contribution is 2.26. The van der Waals surface area contributed by atoms with Crippen LogP contribution in [0.3, 0.4) is 0 Å². The van der Waals surface area contributed by atoms with Gasteiger partial charge in [-0.1, -0.05) is 19.9 Å². The highest BCUT2D eigenvalue weighted by atomic mass is 79.9. The van der Waals surface area contributed by atoms with Crippen LogP contribution in [0.15, 0.2) is 45.5 Å². The van der Waals surface area contributed by atoms with E-state index in [1.165, 1.54) is 5.56 Å². The molecule has 1 aromatic carbocycles. The molecule has 0 amide bonds. The molecular weight excluding hydrogens is 396 g/mol. The molecule has 1 heterocycles. The van der Waals surface area contributed by atoms with Crippen molar-refractivity contribution >= 4 is 31.9 Å². The van der Waals surface area contributed by atoms with E-state index in [4.69, 9.17) is 4.74 Å². The number of hydrogen-bond acceptors (Lipinski definition) is 3. The van der Waals surface area contributed by atoms with E-state index in [2.05, 4.69) is 68.1 Å². The van der Waals surface area contributed by atoms with Crippen molar-refractivity contribution in [3.8, 4) is 5.75 Å². The normalized spacial score (nSPS) is 10.9. The molecule has 1 aromatic heterocycles. The summed E-state index contributed by atoms with van der Waals surface area (Å²) in [6, 6.07) is 10.5. The Morgan fingerprint density at radius 2 is 2.00 bits per heavy atom. The summed E-state index contributed by atoms with van der Waals surface area (Å²) in [6.45, 7) is 5.58. The molecule has 0 aliphatic carbocycles. The molecule has 0 aliphatic rings. The van der Waals surface area contributed by atoms with Crippen molar-refractivity contribution in [2.24, 2.45) is 0 Å². The third-order valence-electron chi connectivity index (χ3n) is 2.87. The van der Waals surface area contributed by atoms with E-state index < -0.39 is 0 Å². The minimum absolute atomic E-state index is 0.454. The first-order valence-corrected chi connectivity index (χ1v) is 8.38. The van der Waals surface area contributed by atoms with Gasteiger partial charge in [-0.3, -0.25) is 4.98 Å². The summed E-state index contributed by atoms with van der Waals surface area (Å²) in [6.07, 6.45) is 1.77. The Balaban J connectivity index is 1.95. The average Bonchev–Trinajstić information content (AvgIpc) is 2.46. The van der Waals surface area contributed by atoms with Crippen LogP contribution in [0, 0.1) is 0 Å². The van der Waals surface area contributed by atoms with Crippen LogP contribution in [0.1, 0.15) is 25.1 Å². The Morgan fingerprint density at radius 1 is 1.19 bits per heavy atom. The largest absolute Gasteiger partial charge is 0.486 e. The second-order valence-corrected chi connectivity index (χ2v) is 6.83. The molecule has 0 aliphatic heterocycles. The number of nitrogens with one attached hydrogen (secondary N) is 1. The average molecular weight is 414 g/mol. The van der Waals surface area contributed by atoms with Crippen molar-refractivity contribution < 1.29 is 4.74 Å². The molecular formula is C16H18Br2N2O. The molecule has 0 unspecified atom stereocenters. The van der Waals surface area contributed by atoms with Gasteiger partial charge in [0.05, 0.1) is 10.2 Å². The van der Waals surface area contributed by atoms with Crippen LogP contribution in [0.4, 0.5) is 0 Å². The van der Waals surface area contributed by atoms with Crippen molar-refractivity contribution in [3.05, 3.63) is 56.7 Å². The van der Waals surface area contributed by atoms with Crippen LogP contribution in [-0.2, 0) is 13.2 Å². The molecule has 112 valence electrons. The smallest absolute Gasteiger partial charge is 0.134 e. The van der Waals surface area contributed by atoms with Crippen molar-refractivity contribution in [1.29, 1.82) is 0 Å². The Bertz CT molecular complexity index is 585. The first-order chi connectivity index (χ1) is 10.0. The predicted molar refractivity (Wildman–Crippen MR) is 92.4 cm³/mol. The van der Waals surface area contributed by atoms with Gasteiger partial charge < -0.3 is 10.1 Å². The fourth-order valence-corrected chi connectivity index (χ4v) is 2.51. The molecule has 0 fully saturated rings. The van der Waals surface area contributed by atoms with Gasteiger partial charge in [-0.15, -0.1) is 0 Å². The lowest BCUT2D eigenvalue weighted by molar-refractivity contribution is 0.299. The van der Waals surface area contributed by atoms with Crippen LogP contribution < -0.4 is 10.1 Å². The van der Waals surface area contributed by atoms with Crippen LogP contribution in [0.25, 0.3) is 0 Å². The Labute approximate surface area is 142 Å². The lowest BCUT2D eigenvalue weighted by Gasteiger charge is -2.11. The molecule has 1 N–H and O–H groups in total. The third kappa shape index (κ3) is 5.41. The van der Waals surface area contributed by atoms with Crippen molar-refractivity contribution in [1.82, 2.24) is 10.3 Å². The van der Waals surface area contributed by atoms with Crippen LogP contribution in [-0.4, -0.2) is 11.0 Å². The van der Waals surface area contributed by atoms with Gasteiger partial charge >= 0.3 is 0 Å². The van der Waals surface area contributed by atoms with E-state index in [-0.39, 0.29) is 0 Å². The van der Waals surface area contributed by atoms with E-state index in [1.54, 1.807) is 6.20 Å². The Hall–Kier alpha value is -0.910. The van der Waals surface area contributed by atoms with Crippen molar-refractivity contribution in [2.75, 3.05) is 0 Å². The number of benzene rings is 1. The molecule has 2 aromatic rings. The third-order valence-corrected chi connectivity index (χ3v) is 3.96. The Kier molecular flexibility index (Phi) is 6.21. The van der Waals surface area contributed by atoms with Gasteiger partial charge in [0.25, 0.3) is 0 Å². The summed E-state index contributed by atoms with van der Waals surface area (Å²) in [5.41, 5.74) is 2.13. The number of aromatic nitrogens is 1. The van der Waals surface area contributed by atoms with Crippen LogP contribution in [0.2, 0.25) is 0 Å². The van der Waals surface area contributed by atoms with Crippen LogP contribution >= 0.6 is 31.9 Å². The lowest BCUT2D eigenvalue weighted by Crippen LogP contribution is -2.21. The number of pyridine rings is 1. The van der Waals surface area contributed by atoms with E-state index >= 15 is 0 Å². The first kappa shape index (κ1) is 16.5. The fraction of sp³-hybridized carbons (Fsp3) is 0.312. The van der Waals surface area contributed by atoms with Gasteiger partial charge in [-0.05, 0) is 61.7 Å². The number of nitrogens with zero attached hydrogens (tertiary/aromatic N) is 1. The predicted octanol–water partition coefficient (Wildman–Crippen LogP) is 4.68. The summed E-state index contributed by atoms with van der Waals surface area (Å²) in [5.74, 6) is 0.827. The molecule has 21 heavy (non-hydrogen) atoms. The zero-order valence-corrected chi connectivity index (χ0v) is 15.2. The maximum absolute atomic E-state index is 5.80. The summed E-state index contributed by atoms with van der Waals surface area (Å²) in [4.78, 5) is 4.29. The second-order valence-electron chi connectivity index (χ2n) is 5.06. The Morgan fingerprint density at radius 3 is 2.62 bits per heavy atom. The van der Waals surface area contributed by atoms with Gasteiger partial charge in [-0.2, -0.15) is 0 Å².